The summed E-state index contributed by atoms with van der Waals surface area (Å²) in [4.78, 5) is 3.90. The Morgan fingerprint density at radius 2 is 2.00 bits per heavy atom. The Morgan fingerprint density at radius 3 is 2.62 bits per heavy atom. The second-order valence-electron chi connectivity index (χ2n) is 3.57. The summed E-state index contributed by atoms with van der Waals surface area (Å²) in [5.41, 5.74) is 6.93. The maximum atomic E-state index is 11.7. The van der Waals surface area contributed by atoms with E-state index in [1.165, 1.54) is 0 Å². The lowest BCUT2D eigenvalue weighted by Gasteiger charge is -2.11. The molecule has 16 heavy (non-hydrogen) atoms. The molecule has 5 heteroatoms. The topological polar surface area (TPSA) is 48.1 Å². The zero-order chi connectivity index (χ0) is 11.8. The van der Waals surface area contributed by atoms with Gasteiger partial charge in [-0.1, -0.05) is 0 Å². The maximum absolute atomic E-state index is 11.7. The van der Waals surface area contributed by atoms with Gasteiger partial charge in [-0.25, -0.2) is 8.78 Å². The van der Waals surface area contributed by atoms with Crippen LogP contribution in [-0.4, -0.2) is 30.7 Å². The number of nitrogens with two attached hydrogens (primary N) is 1. The molecule has 3 nitrogen and oxygen atoms in total. The Labute approximate surface area is 93.6 Å². The van der Waals surface area contributed by atoms with Crippen LogP contribution in [0.3, 0.4) is 0 Å². The van der Waals surface area contributed by atoms with Crippen LogP contribution in [0.4, 0.5) is 8.78 Å². The van der Waals surface area contributed by atoms with Gasteiger partial charge < -0.3 is 10.5 Å². The number of hydrogen-bond donors (Lipinski definition) is 1. The molecular formula is C11H16F2N2O. The van der Waals surface area contributed by atoms with Gasteiger partial charge in [0.15, 0.2) is 0 Å². The molecule has 0 radical (unpaired) electrons. The monoisotopic (exact) mass is 230 g/mol. The number of alkyl halides is 2. The van der Waals surface area contributed by atoms with Gasteiger partial charge in [-0.3, -0.25) is 4.98 Å². The highest BCUT2D eigenvalue weighted by Crippen LogP contribution is 2.03. The molecule has 90 valence electrons. The maximum Gasteiger partial charge on any atom is 0.261 e. The molecule has 1 aromatic rings. The Hall–Kier alpha value is -1.07. The van der Waals surface area contributed by atoms with Gasteiger partial charge in [0.2, 0.25) is 0 Å². The van der Waals surface area contributed by atoms with Crippen molar-refractivity contribution in [2.24, 2.45) is 5.73 Å². The third-order valence-electron chi connectivity index (χ3n) is 2.12. The summed E-state index contributed by atoms with van der Waals surface area (Å²) in [7, 11) is 0. The normalized spacial score (nSPS) is 13.0. The molecule has 0 saturated heterocycles. The van der Waals surface area contributed by atoms with Crippen LogP contribution < -0.4 is 5.73 Å². The molecule has 0 spiro atoms. The van der Waals surface area contributed by atoms with Crippen molar-refractivity contribution < 1.29 is 13.5 Å². The van der Waals surface area contributed by atoms with E-state index in [1.54, 1.807) is 12.4 Å². The zero-order valence-electron chi connectivity index (χ0n) is 8.98. The van der Waals surface area contributed by atoms with E-state index in [1.807, 2.05) is 12.1 Å². The predicted octanol–water partition coefficient (Wildman–Crippen LogP) is 1.62. The first-order chi connectivity index (χ1) is 7.68. The van der Waals surface area contributed by atoms with Gasteiger partial charge >= 0.3 is 0 Å². The van der Waals surface area contributed by atoms with Crippen LogP contribution in [0.2, 0.25) is 0 Å². The quantitative estimate of drug-likeness (QED) is 0.724. The van der Waals surface area contributed by atoms with Gasteiger partial charge in [0.1, 0.15) is 6.61 Å². The summed E-state index contributed by atoms with van der Waals surface area (Å²) in [5.74, 6) is 0. The first-order valence-electron chi connectivity index (χ1n) is 5.19. The van der Waals surface area contributed by atoms with Crippen molar-refractivity contribution >= 4 is 0 Å². The van der Waals surface area contributed by atoms with Crippen LogP contribution in [0.5, 0.6) is 0 Å². The van der Waals surface area contributed by atoms with E-state index in [4.69, 9.17) is 10.5 Å². The minimum atomic E-state index is -2.41. The standard InChI is InChI=1S/C11H16F2N2O/c12-11(13)8-16-6-3-10(14)7-9-1-4-15-5-2-9/h1-2,4-5,10-11H,3,6-8,14H2. The minimum Gasteiger partial charge on any atom is -0.375 e. The van der Waals surface area contributed by atoms with E-state index < -0.39 is 13.0 Å². The van der Waals surface area contributed by atoms with Crippen LogP contribution >= 0.6 is 0 Å². The van der Waals surface area contributed by atoms with Crippen molar-refractivity contribution in [2.45, 2.75) is 25.3 Å². The highest BCUT2D eigenvalue weighted by atomic mass is 19.3. The SMILES string of the molecule is NC(CCOCC(F)F)Cc1ccncc1. The number of pyridine rings is 1. The molecular weight excluding hydrogens is 214 g/mol. The van der Waals surface area contributed by atoms with Crippen molar-refractivity contribution in [1.29, 1.82) is 0 Å². The van der Waals surface area contributed by atoms with Crippen LogP contribution in [0.25, 0.3) is 0 Å². The minimum absolute atomic E-state index is 0.0694. The van der Waals surface area contributed by atoms with E-state index >= 15 is 0 Å². The molecule has 0 aliphatic heterocycles. The summed E-state index contributed by atoms with van der Waals surface area (Å²) >= 11 is 0. The van der Waals surface area contributed by atoms with Gasteiger partial charge in [0.25, 0.3) is 6.43 Å². The van der Waals surface area contributed by atoms with Crippen molar-refractivity contribution in [2.75, 3.05) is 13.2 Å². The van der Waals surface area contributed by atoms with E-state index in [9.17, 15) is 8.78 Å². The fourth-order valence-corrected chi connectivity index (χ4v) is 1.33. The lowest BCUT2D eigenvalue weighted by atomic mass is 10.1. The first kappa shape index (κ1) is 13.0. The second kappa shape index (κ2) is 7.24. The zero-order valence-corrected chi connectivity index (χ0v) is 8.98. The van der Waals surface area contributed by atoms with E-state index in [0.717, 1.165) is 5.56 Å². The summed E-state index contributed by atoms with van der Waals surface area (Å²) in [5, 5.41) is 0. The number of nitrogens with zero attached hydrogens (tertiary/aromatic N) is 1. The van der Waals surface area contributed by atoms with Gasteiger partial charge in [-0.15, -0.1) is 0 Å². The smallest absolute Gasteiger partial charge is 0.261 e. The number of ether oxygens (including phenoxy) is 1. The molecule has 0 aromatic carbocycles. The lowest BCUT2D eigenvalue weighted by Crippen LogP contribution is -2.25. The van der Waals surface area contributed by atoms with Crippen molar-refractivity contribution in [3.05, 3.63) is 30.1 Å². The fraction of sp³-hybridized carbons (Fsp3) is 0.545. The van der Waals surface area contributed by atoms with Crippen molar-refractivity contribution in [3.63, 3.8) is 0 Å². The van der Waals surface area contributed by atoms with Crippen LogP contribution in [-0.2, 0) is 11.2 Å². The molecule has 0 aliphatic rings. The van der Waals surface area contributed by atoms with E-state index in [2.05, 4.69) is 4.98 Å². The van der Waals surface area contributed by atoms with Gasteiger partial charge in [0.05, 0.1) is 0 Å². The van der Waals surface area contributed by atoms with Crippen molar-refractivity contribution in [1.82, 2.24) is 4.98 Å². The number of rotatable bonds is 7. The molecule has 1 aromatic heterocycles. The Morgan fingerprint density at radius 1 is 1.31 bits per heavy atom. The average molecular weight is 230 g/mol. The Bertz CT molecular complexity index is 283. The summed E-state index contributed by atoms with van der Waals surface area (Å²) in [6, 6.07) is 3.71. The molecule has 0 bridgehead atoms. The predicted molar refractivity (Wildman–Crippen MR) is 57.4 cm³/mol. The summed E-state index contributed by atoms with van der Waals surface area (Å²) in [6.45, 7) is -0.238. The Balaban J connectivity index is 2.14. The van der Waals surface area contributed by atoms with Crippen LogP contribution in [0.1, 0.15) is 12.0 Å². The second-order valence-corrected chi connectivity index (χ2v) is 3.57. The fourth-order valence-electron chi connectivity index (χ4n) is 1.33. The third-order valence-corrected chi connectivity index (χ3v) is 2.12. The number of hydrogen-bond acceptors (Lipinski definition) is 3. The molecule has 0 aliphatic carbocycles. The van der Waals surface area contributed by atoms with E-state index in [0.29, 0.717) is 12.8 Å². The number of halogens is 2. The lowest BCUT2D eigenvalue weighted by molar-refractivity contribution is 0.0153. The highest BCUT2D eigenvalue weighted by Gasteiger charge is 2.06. The molecule has 1 rings (SSSR count). The largest absolute Gasteiger partial charge is 0.375 e. The van der Waals surface area contributed by atoms with Gasteiger partial charge in [-0.05, 0) is 30.5 Å². The third kappa shape index (κ3) is 5.72. The molecule has 1 atom stereocenters. The van der Waals surface area contributed by atoms with Crippen molar-refractivity contribution in [3.8, 4) is 0 Å². The number of aromatic nitrogens is 1. The molecule has 1 unspecified atom stereocenters. The molecule has 0 amide bonds. The van der Waals surface area contributed by atoms with Gasteiger partial charge in [-0.2, -0.15) is 0 Å². The molecule has 0 fully saturated rings. The van der Waals surface area contributed by atoms with Gasteiger partial charge in [0, 0.05) is 25.0 Å². The Kier molecular flexibility index (Phi) is 5.88. The molecule has 2 N–H and O–H groups in total. The highest BCUT2D eigenvalue weighted by molar-refractivity contribution is 5.10. The van der Waals surface area contributed by atoms with E-state index in [-0.39, 0.29) is 12.6 Å². The molecule has 0 saturated carbocycles. The molecule has 1 heterocycles. The summed E-state index contributed by atoms with van der Waals surface area (Å²) in [6.07, 6.45) is 2.29. The summed E-state index contributed by atoms with van der Waals surface area (Å²) < 4.78 is 28.2. The average Bonchev–Trinajstić information content (AvgIpc) is 2.25. The van der Waals surface area contributed by atoms with Crippen LogP contribution in [0.15, 0.2) is 24.5 Å². The first-order valence-corrected chi connectivity index (χ1v) is 5.19. The van der Waals surface area contributed by atoms with Crippen LogP contribution in [0, 0.1) is 0 Å².